The maximum atomic E-state index is 3.59. The van der Waals surface area contributed by atoms with Crippen LogP contribution >= 0.6 is 0 Å². The smallest absolute Gasteiger partial charge is 0.0457 e. The topological polar surface area (TPSA) is 27.8 Å². The number of benzene rings is 1. The highest BCUT2D eigenvalue weighted by Crippen LogP contribution is 2.18. The van der Waals surface area contributed by atoms with Crippen molar-refractivity contribution in [1.29, 1.82) is 0 Å². The lowest BCUT2D eigenvalue weighted by molar-refractivity contribution is 0.375. The SMILES string of the molecule is CCC(C)(C)NCc1cccc2[nH]ccc12. The van der Waals surface area contributed by atoms with Crippen LogP contribution in [0, 0.1) is 0 Å². The lowest BCUT2D eigenvalue weighted by Crippen LogP contribution is -2.37. The highest BCUT2D eigenvalue weighted by Gasteiger charge is 2.13. The number of H-pyrrole nitrogens is 1. The quantitative estimate of drug-likeness (QED) is 0.805. The van der Waals surface area contributed by atoms with E-state index in [2.05, 4.69) is 55.3 Å². The molecule has 2 nitrogen and oxygen atoms in total. The number of hydrogen-bond acceptors (Lipinski definition) is 1. The molecular formula is C14H20N2. The van der Waals surface area contributed by atoms with Crippen LogP contribution < -0.4 is 5.32 Å². The second kappa shape index (κ2) is 4.30. The zero-order valence-electron chi connectivity index (χ0n) is 10.3. The third-order valence-electron chi connectivity index (χ3n) is 3.33. The molecule has 2 heteroatoms. The van der Waals surface area contributed by atoms with Crippen molar-refractivity contribution in [1.82, 2.24) is 10.3 Å². The molecule has 0 aliphatic heterocycles. The molecule has 0 unspecified atom stereocenters. The van der Waals surface area contributed by atoms with Crippen molar-refractivity contribution in [2.45, 2.75) is 39.3 Å². The average molecular weight is 216 g/mol. The summed E-state index contributed by atoms with van der Waals surface area (Å²) in [4.78, 5) is 3.24. The van der Waals surface area contributed by atoms with Crippen molar-refractivity contribution in [2.75, 3.05) is 0 Å². The zero-order chi connectivity index (χ0) is 11.6. The largest absolute Gasteiger partial charge is 0.361 e. The molecule has 0 atom stereocenters. The van der Waals surface area contributed by atoms with Gasteiger partial charge < -0.3 is 10.3 Å². The molecule has 2 aromatic rings. The maximum Gasteiger partial charge on any atom is 0.0457 e. The monoisotopic (exact) mass is 216 g/mol. The minimum absolute atomic E-state index is 0.207. The highest BCUT2D eigenvalue weighted by atomic mass is 14.9. The van der Waals surface area contributed by atoms with Crippen LogP contribution in [0.4, 0.5) is 0 Å². The van der Waals surface area contributed by atoms with Gasteiger partial charge in [-0.1, -0.05) is 19.1 Å². The molecule has 0 saturated heterocycles. The van der Waals surface area contributed by atoms with Gasteiger partial charge in [-0.05, 0) is 38.0 Å². The van der Waals surface area contributed by atoms with Gasteiger partial charge in [0.15, 0.2) is 0 Å². The van der Waals surface area contributed by atoms with E-state index in [9.17, 15) is 0 Å². The Balaban J connectivity index is 2.18. The maximum absolute atomic E-state index is 3.59. The van der Waals surface area contributed by atoms with Crippen LogP contribution in [0.1, 0.15) is 32.8 Å². The molecule has 16 heavy (non-hydrogen) atoms. The summed E-state index contributed by atoms with van der Waals surface area (Å²) >= 11 is 0. The van der Waals surface area contributed by atoms with Gasteiger partial charge in [-0.2, -0.15) is 0 Å². The number of nitrogens with one attached hydrogen (secondary N) is 2. The fourth-order valence-corrected chi connectivity index (χ4v) is 1.76. The number of rotatable bonds is 4. The predicted molar refractivity (Wildman–Crippen MR) is 69.5 cm³/mol. The Labute approximate surface area is 97.1 Å². The van der Waals surface area contributed by atoms with Gasteiger partial charge in [0.2, 0.25) is 0 Å². The van der Waals surface area contributed by atoms with Gasteiger partial charge in [0.25, 0.3) is 0 Å². The molecule has 0 radical (unpaired) electrons. The summed E-state index contributed by atoms with van der Waals surface area (Å²) < 4.78 is 0. The van der Waals surface area contributed by atoms with Crippen molar-refractivity contribution in [3.63, 3.8) is 0 Å². The Hall–Kier alpha value is -1.28. The number of fused-ring (bicyclic) bond motifs is 1. The second-order valence-corrected chi connectivity index (χ2v) is 4.95. The van der Waals surface area contributed by atoms with E-state index in [1.807, 2.05) is 6.20 Å². The molecule has 2 rings (SSSR count). The number of aromatic nitrogens is 1. The minimum atomic E-state index is 0.207. The third kappa shape index (κ3) is 2.27. The van der Waals surface area contributed by atoms with Crippen LogP contribution in [0.15, 0.2) is 30.5 Å². The highest BCUT2D eigenvalue weighted by molar-refractivity contribution is 5.82. The van der Waals surface area contributed by atoms with Crippen LogP contribution in [0.25, 0.3) is 10.9 Å². The van der Waals surface area contributed by atoms with Crippen molar-refractivity contribution in [2.24, 2.45) is 0 Å². The van der Waals surface area contributed by atoms with E-state index in [0.29, 0.717) is 0 Å². The first-order valence-corrected chi connectivity index (χ1v) is 5.92. The molecular weight excluding hydrogens is 196 g/mol. The van der Waals surface area contributed by atoms with Gasteiger partial charge in [0.1, 0.15) is 0 Å². The van der Waals surface area contributed by atoms with Crippen LogP contribution in [0.2, 0.25) is 0 Å². The van der Waals surface area contributed by atoms with E-state index >= 15 is 0 Å². The van der Waals surface area contributed by atoms with Crippen molar-refractivity contribution in [3.8, 4) is 0 Å². The summed E-state index contributed by atoms with van der Waals surface area (Å²) in [5.41, 5.74) is 2.78. The van der Waals surface area contributed by atoms with Crippen LogP contribution in [-0.4, -0.2) is 10.5 Å². The lowest BCUT2D eigenvalue weighted by atomic mass is 10.0. The molecule has 1 heterocycles. The molecule has 1 aromatic heterocycles. The molecule has 1 aromatic carbocycles. The van der Waals surface area contributed by atoms with Gasteiger partial charge in [0.05, 0.1) is 0 Å². The molecule has 0 fully saturated rings. The van der Waals surface area contributed by atoms with Crippen LogP contribution in [0.3, 0.4) is 0 Å². The average Bonchev–Trinajstić information content (AvgIpc) is 2.75. The lowest BCUT2D eigenvalue weighted by Gasteiger charge is -2.24. The molecule has 0 amide bonds. The Morgan fingerprint density at radius 3 is 2.81 bits per heavy atom. The Morgan fingerprint density at radius 2 is 2.06 bits per heavy atom. The predicted octanol–water partition coefficient (Wildman–Crippen LogP) is 3.45. The van der Waals surface area contributed by atoms with Gasteiger partial charge in [-0.3, -0.25) is 0 Å². The number of hydrogen-bond donors (Lipinski definition) is 2. The molecule has 0 spiro atoms. The standard InChI is InChI=1S/C14H20N2/c1-4-14(2,3)16-10-11-6-5-7-13-12(11)8-9-15-13/h5-9,15-16H,4,10H2,1-3H3. The Kier molecular flexibility index (Phi) is 3.01. The third-order valence-corrected chi connectivity index (χ3v) is 3.33. The first kappa shape index (κ1) is 11.2. The summed E-state index contributed by atoms with van der Waals surface area (Å²) in [6.45, 7) is 7.62. The van der Waals surface area contributed by atoms with Gasteiger partial charge in [-0.25, -0.2) is 0 Å². The molecule has 86 valence electrons. The molecule has 0 bridgehead atoms. The van der Waals surface area contributed by atoms with Crippen molar-refractivity contribution >= 4 is 10.9 Å². The Bertz CT molecular complexity index is 468. The summed E-state index contributed by atoms with van der Waals surface area (Å²) in [6.07, 6.45) is 3.13. The number of aromatic amines is 1. The van der Waals surface area contributed by atoms with Crippen LogP contribution in [-0.2, 0) is 6.54 Å². The van der Waals surface area contributed by atoms with E-state index in [0.717, 1.165) is 13.0 Å². The van der Waals surface area contributed by atoms with E-state index in [4.69, 9.17) is 0 Å². The Morgan fingerprint density at radius 1 is 1.25 bits per heavy atom. The summed E-state index contributed by atoms with van der Waals surface area (Å²) in [7, 11) is 0. The van der Waals surface area contributed by atoms with Gasteiger partial charge in [0, 0.05) is 29.2 Å². The van der Waals surface area contributed by atoms with Crippen LogP contribution in [0.5, 0.6) is 0 Å². The summed E-state index contributed by atoms with van der Waals surface area (Å²) in [6, 6.07) is 8.55. The second-order valence-electron chi connectivity index (χ2n) is 4.95. The van der Waals surface area contributed by atoms with E-state index in [-0.39, 0.29) is 5.54 Å². The first-order chi connectivity index (χ1) is 7.62. The van der Waals surface area contributed by atoms with E-state index in [1.165, 1.54) is 16.5 Å². The molecule has 0 aliphatic carbocycles. The minimum Gasteiger partial charge on any atom is -0.361 e. The molecule has 0 saturated carbocycles. The van der Waals surface area contributed by atoms with E-state index < -0.39 is 0 Å². The summed E-state index contributed by atoms with van der Waals surface area (Å²) in [5, 5.41) is 4.91. The van der Waals surface area contributed by atoms with Crippen molar-refractivity contribution in [3.05, 3.63) is 36.0 Å². The van der Waals surface area contributed by atoms with E-state index in [1.54, 1.807) is 0 Å². The first-order valence-electron chi connectivity index (χ1n) is 5.92. The van der Waals surface area contributed by atoms with Gasteiger partial charge >= 0.3 is 0 Å². The van der Waals surface area contributed by atoms with Crippen molar-refractivity contribution < 1.29 is 0 Å². The molecule has 2 N–H and O–H groups in total. The normalized spacial score (nSPS) is 12.2. The zero-order valence-corrected chi connectivity index (χ0v) is 10.3. The van der Waals surface area contributed by atoms with Gasteiger partial charge in [-0.15, -0.1) is 0 Å². The fraction of sp³-hybridized carbons (Fsp3) is 0.429. The fourth-order valence-electron chi connectivity index (χ4n) is 1.76. The summed E-state index contributed by atoms with van der Waals surface area (Å²) in [5.74, 6) is 0. The molecule has 0 aliphatic rings.